The minimum Gasteiger partial charge on any atom is -0.0654 e. The maximum absolute atomic E-state index is 2.36. The largest absolute Gasteiger partial charge is 0.0654 e. The zero-order valence-electron chi connectivity index (χ0n) is 11.2. The van der Waals surface area contributed by atoms with Gasteiger partial charge in [0.2, 0.25) is 0 Å². The third-order valence-electron chi connectivity index (χ3n) is 4.14. The molecule has 0 N–H and O–H groups in total. The van der Waals surface area contributed by atoms with Gasteiger partial charge < -0.3 is 0 Å². The van der Waals surface area contributed by atoms with Crippen molar-refractivity contribution in [3.05, 3.63) is 59.2 Å². The van der Waals surface area contributed by atoms with Crippen LogP contribution in [0.4, 0.5) is 0 Å². The molecule has 0 bridgehead atoms. The number of benzene rings is 2. The maximum Gasteiger partial charge on any atom is -0.00106 e. The summed E-state index contributed by atoms with van der Waals surface area (Å²) in [5.74, 6) is 0.680. The van der Waals surface area contributed by atoms with Crippen LogP contribution < -0.4 is 0 Å². The molecule has 3 rings (SSSR count). The monoisotopic (exact) mass is 236 g/mol. The first-order valence-corrected chi connectivity index (χ1v) is 7.01. The lowest BCUT2D eigenvalue weighted by atomic mass is 9.90. The van der Waals surface area contributed by atoms with Gasteiger partial charge in [-0.1, -0.05) is 62.7 Å². The van der Waals surface area contributed by atoms with Gasteiger partial charge in [0.05, 0.1) is 0 Å². The summed E-state index contributed by atoms with van der Waals surface area (Å²) in [7, 11) is 0. The average Bonchev–Trinajstić information content (AvgIpc) is 2.77. The molecule has 2 aromatic carbocycles. The van der Waals surface area contributed by atoms with E-state index in [1.807, 2.05) is 0 Å². The van der Waals surface area contributed by atoms with Gasteiger partial charge in [-0.2, -0.15) is 0 Å². The van der Waals surface area contributed by atoms with E-state index in [-0.39, 0.29) is 0 Å². The second-order valence-electron chi connectivity index (χ2n) is 5.40. The zero-order valence-corrected chi connectivity index (χ0v) is 11.2. The molecule has 1 unspecified atom stereocenters. The highest BCUT2D eigenvalue weighted by atomic mass is 14.3. The van der Waals surface area contributed by atoms with E-state index < -0.39 is 0 Å². The highest BCUT2D eigenvalue weighted by molar-refractivity contribution is 5.78. The van der Waals surface area contributed by atoms with Gasteiger partial charge >= 0.3 is 0 Å². The van der Waals surface area contributed by atoms with Gasteiger partial charge in [0, 0.05) is 0 Å². The number of hydrogen-bond acceptors (Lipinski definition) is 0. The Morgan fingerprint density at radius 2 is 1.78 bits per heavy atom. The number of hydrogen-bond donors (Lipinski definition) is 0. The van der Waals surface area contributed by atoms with Crippen LogP contribution >= 0.6 is 0 Å². The van der Waals surface area contributed by atoms with E-state index in [9.17, 15) is 0 Å². The fourth-order valence-electron chi connectivity index (χ4n) is 3.23. The third kappa shape index (κ3) is 1.77. The molecule has 0 heteroatoms. The summed E-state index contributed by atoms with van der Waals surface area (Å²) in [6.07, 6.45) is 3.67. The Bertz CT molecular complexity index is 566. The molecular weight excluding hydrogens is 216 g/mol. The lowest BCUT2D eigenvalue weighted by molar-refractivity contribution is 0.660. The van der Waals surface area contributed by atoms with Crippen LogP contribution in [0.2, 0.25) is 0 Å². The Morgan fingerprint density at radius 1 is 1.00 bits per heavy atom. The standard InChI is InChI=1S/C18H20/c1-3-7-13(2)15-10-6-11-17-16-9-5-4-8-14(16)12-18(15)17/h4-6,8-11,13H,3,7,12H2,1-2H3. The summed E-state index contributed by atoms with van der Waals surface area (Å²) in [6.45, 7) is 4.64. The molecule has 0 saturated carbocycles. The van der Waals surface area contributed by atoms with Crippen molar-refractivity contribution in [1.82, 2.24) is 0 Å². The van der Waals surface area contributed by atoms with Gasteiger partial charge in [0.1, 0.15) is 0 Å². The molecule has 0 saturated heterocycles. The van der Waals surface area contributed by atoms with Crippen molar-refractivity contribution >= 4 is 0 Å². The molecule has 92 valence electrons. The smallest absolute Gasteiger partial charge is 0.00106 e. The van der Waals surface area contributed by atoms with Crippen molar-refractivity contribution in [1.29, 1.82) is 0 Å². The normalized spacial score (nSPS) is 14.1. The minimum absolute atomic E-state index is 0.680. The highest BCUT2D eigenvalue weighted by Gasteiger charge is 2.21. The fourth-order valence-corrected chi connectivity index (χ4v) is 3.23. The van der Waals surface area contributed by atoms with Gasteiger partial charge in [0.15, 0.2) is 0 Å². The van der Waals surface area contributed by atoms with E-state index in [1.165, 1.54) is 29.5 Å². The SMILES string of the molecule is CCCC(C)c1cccc2c1Cc1ccccc1-2. The van der Waals surface area contributed by atoms with Crippen LogP contribution in [0.25, 0.3) is 11.1 Å². The van der Waals surface area contributed by atoms with E-state index >= 15 is 0 Å². The molecule has 1 aliphatic carbocycles. The minimum atomic E-state index is 0.680. The molecule has 18 heavy (non-hydrogen) atoms. The Balaban J connectivity index is 2.08. The highest BCUT2D eigenvalue weighted by Crippen LogP contribution is 2.40. The molecule has 0 amide bonds. The molecule has 0 aliphatic heterocycles. The molecular formula is C18H20. The molecule has 0 heterocycles. The summed E-state index contributed by atoms with van der Waals surface area (Å²) in [4.78, 5) is 0. The second kappa shape index (κ2) is 4.61. The van der Waals surface area contributed by atoms with Crippen molar-refractivity contribution < 1.29 is 0 Å². The van der Waals surface area contributed by atoms with Crippen LogP contribution in [0.5, 0.6) is 0 Å². The summed E-state index contributed by atoms with van der Waals surface area (Å²) in [6, 6.07) is 15.7. The number of rotatable bonds is 3. The Labute approximate surface area is 110 Å². The van der Waals surface area contributed by atoms with Gasteiger partial charge in [-0.3, -0.25) is 0 Å². The first-order valence-electron chi connectivity index (χ1n) is 7.01. The first-order chi connectivity index (χ1) is 8.81. The van der Waals surface area contributed by atoms with E-state index in [1.54, 1.807) is 11.1 Å². The van der Waals surface area contributed by atoms with Crippen LogP contribution in [-0.2, 0) is 6.42 Å². The quantitative estimate of drug-likeness (QED) is 0.589. The summed E-state index contributed by atoms with van der Waals surface area (Å²) < 4.78 is 0. The van der Waals surface area contributed by atoms with Crippen molar-refractivity contribution in [2.24, 2.45) is 0 Å². The molecule has 2 aromatic rings. The molecule has 0 radical (unpaired) electrons. The number of fused-ring (bicyclic) bond motifs is 3. The van der Waals surface area contributed by atoms with E-state index in [4.69, 9.17) is 0 Å². The van der Waals surface area contributed by atoms with E-state index in [0.29, 0.717) is 5.92 Å². The Morgan fingerprint density at radius 3 is 2.61 bits per heavy atom. The van der Waals surface area contributed by atoms with E-state index in [2.05, 4.69) is 56.3 Å². The van der Waals surface area contributed by atoms with Crippen molar-refractivity contribution in [3.63, 3.8) is 0 Å². The lowest BCUT2D eigenvalue weighted by Crippen LogP contribution is -1.98. The van der Waals surface area contributed by atoms with Crippen LogP contribution in [0.3, 0.4) is 0 Å². The van der Waals surface area contributed by atoms with Crippen molar-refractivity contribution in [2.45, 2.75) is 39.0 Å². The van der Waals surface area contributed by atoms with Crippen LogP contribution in [0.15, 0.2) is 42.5 Å². The molecule has 0 fully saturated rings. The molecule has 1 atom stereocenters. The summed E-state index contributed by atoms with van der Waals surface area (Å²) in [5, 5.41) is 0. The Kier molecular flexibility index (Phi) is 2.95. The summed E-state index contributed by atoms with van der Waals surface area (Å²) >= 11 is 0. The van der Waals surface area contributed by atoms with Crippen LogP contribution in [0, 0.1) is 0 Å². The van der Waals surface area contributed by atoms with Crippen LogP contribution in [-0.4, -0.2) is 0 Å². The van der Waals surface area contributed by atoms with Gasteiger partial charge in [-0.15, -0.1) is 0 Å². The topological polar surface area (TPSA) is 0 Å². The molecule has 1 aliphatic rings. The fraction of sp³-hybridized carbons (Fsp3) is 0.333. The van der Waals surface area contributed by atoms with E-state index in [0.717, 1.165) is 6.42 Å². The average molecular weight is 236 g/mol. The predicted molar refractivity (Wildman–Crippen MR) is 78.0 cm³/mol. The van der Waals surface area contributed by atoms with Crippen molar-refractivity contribution in [2.75, 3.05) is 0 Å². The maximum atomic E-state index is 2.36. The van der Waals surface area contributed by atoms with Gasteiger partial charge in [-0.05, 0) is 46.6 Å². The molecule has 0 spiro atoms. The predicted octanol–water partition coefficient (Wildman–Crippen LogP) is 5.16. The van der Waals surface area contributed by atoms with Crippen molar-refractivity contribution in [3.8, 4) is 11.1 Å². The first kappa shape index (κ1) is 11.5. The summed E-state index contributed by atoms with van der Waals surface area (Å²) in [5.41, 5.74) is 7.53. The third-order valence-corrected chi connectivity index (χ3v) is 4.14. The Hall–Kier alpha value is -1.56. The molecule has 0 aromatic heterocycles. The van der Waals surface area contributed by atoms with Gasteiger partial charge in [0.25, 0.3) is 0 Å². The zero-order chi connectivity index (χ0) is 12.5. The lowest BCUT2D eigenvalue weighted by Gasteiger charge is -2.15. The molecule has 0 nitrogen and oxygen atoms in total. The second-order valence-corrected chi connectivity index (χ2v) is 5.40. The van der Waals surface area contributed by atoms with Gasteiger partial charge in [-0.25, -0.2) is 0 Å². The van der Waals surface area contributed by atoms with Crippen LogP contribution in [0.1, 0.15) is 49.3 Å².